The Labute approximate surface area is 216 Å². The van der Waals surface area contributed by atoms with Gasteiger partial charge in [-0.1, -0.05) is 0 Å². The van der Waals surface area contributed by atoms with Crippen molar-refractivity contribution in [2.45, 2.75) is 59.3 Å². The number of carbonyl (C=O) groups is 1. The second-order valence-corrected chi connectivity index (χ2v) is 9.21. The molecule has 196 valence electrons. The Morgan fingerprint density at radius 1 is 1.30 bits per heavy atom. The topological polar surface area (TPSA) is 104 Å². The smallest absolute Gasteiger partial charge is 0.327 e. The number of aromatic nitrogens is 4. The van der Waals surface area contributed by atoms with Crippen LogP contribution in [0.4, 0.5) is 0 Å². The zero-order valence-corrected chi connectivity index (χ0v) is 22.1. The van der Waals surface area contributed by atoms with Crippen LogP contribution in [0.15, 0.2) is 41.3 Å². The first kappa shape index (κ1) is 26.3. The lowest BCUT2D eigenvalue weighted by atomic mass is 10.1. The quantitative estimate of drug-likeness (QED) is 0.231. The second-order valence-electron chi connectivity index (χ2n) is 9.21. The SMILES string of the molecule is C=NN(CC(=O)OC)/C(C)=C(\C)c1ccnc(-c2nn(C3CCCCO3)c3ccc(OC(C)C)cc23)n1. The van der Waals surface area contributed by atoms with E-state index in [0.29, 0.717) is 23.8 Å². The molecule has 0 aliphatic carbocycles. The summed E-state index contributed by atoms with van der Waals surface area (Å²) < 4.78 is 18.7. The molecule has 0 N–H and O–H groups in total. The van der Waals surface area contributed by atoms with Crippen molar-refractivity contribution in [3.8, 4) is 17.3 Å². The van der Waals surface area contributed by atoms with E-state index in [1.54, 1.807) is 6.20 Å². The molecule has 1 unspecified atom stereocenters. The summed E-state index contributed by atoms with van der Waals surface area (Å²) in [7, 11) is 1.34. The molecule has 0 bridgehead atoms. The van der Waals surface area contributed by atoms with Crippen molar-refractivity contribution in [2.24, 2.45) is 5.10 Å². The number of methoxy groups -OCH3 is 1. The van der Waals surface area contributed by atoms with E-state index in [1.807, 2.05) is 56.6 Å². The van der Waals surface area contributed by atoms with Crippen LogP contribution in [0.25, 0.3) is 28.0 Å². The highest BCUT2D eigenvalue weighted by Crippen LogP contribution is 2.34. The van der Waals surface area contributed by atoms with E-state index in [4.69, 9.17) is 24.3 Å². The van der Waals surface area contributed by atoms with Crippen molar-refractivity contribution in [1.29, 1.82) is 0 Å². The minimum atomic E-state index is -0.413. The normalized spacial score (nSPS) is 16.4. The van der Waals surface area contributed by atoms with Crippen LogP contribution in [0.2, 0.25) is 0 Å². The summed E-state index contributed by atoms with van der Waals surface area (Å²) in [4.78, 5) is 21.2. The monoisotopic (exact) mass is 506 g/mol. The van der Waals surface area contributed by atoms with Crippen molar-refractivity contribution in [3.63, 3.8) is 0 Å². The lowest BCUT2D eigenvalue weighted by molar-refractivity contribution is -0.141. The summed E-state index contributed by atoms with van der Waals surface area (Å²) in [5, 5.41) is 11.3. The highest BCUT2D eigenvalue weighted by Gasteiger charge is 2.24. The number of hydrogen-bond donors (Lipinski definition) is 0. The van der Waals surface area contributed by atoms with Gasteiger partial charge in [0.25, 0.3) is 0 Å². The van der Waals surface area contributed by atoms with Crippen LogP contribution < -0.4 is 4.74 Å². The predicted octanol–water partition coefficient (Wildman–Crippen LogP) is 4.82. The molecule has 0 amide bonds. The molecule has 0 saturated carbocycles. The minimum Gasteiger partial charge on any atom is -0.491 e. The molecule has 37 heavy (non-hydrogen) atoms. The molecular weight excluding hydrogens is 472 g/mol. The molecule has 4 rings (SSSR count). The van der Waals surface area contributed by atoms with Crippen LogP contribution in [0.3, 0.4) is 0 Å². The molecule has 1 aliphatic rings. The average Bonchev–Trinajstić information content (AvgIpc) is 3.29. The molecule has 1 aromatic carbocycles. The molecule has 3 aromatic rings. The third-order valence-electron chi connectivity index (χ3n) is 6.34. The van der Waals surface area contributed by atoms with Crippen LogP contribution in [-0.4, -0.2) is 63.8 Å². The van der Waals surface area contributed by atoms with Gasteiger partial charge in [0.2, 0.25) is 0 Å². The van der Waals surface area contributed by atoms with Gasteiger partial charge < -0.3 is 14.2 Å². The Morgan fingerprint density at radius 3 is 2.78 bits per heavy atom. The fourth-order valence-electron chi connectivity index (χ4n) is 4.29. The summed E-state index contributed by atoms with van der Waals surface area (Å²) in [5.74, 6) is 0.827. The van der Waals surface area contributed by atoms with E-state index in [0.717, 1.165) is 47.2 Å². The van der Waals surface area contributed by atoms with Gasteiger partial charge in [0.15, 0.2) is 12.1 Å². The van der Waals surface area contributed by atoms with Gasteiger partial charge in [0.05, 0.1) is 24.4 Å². The number of benzene rings is 1. The summed E-state index contributed by atoms with van der Waals surface area (Å²) in [6.45, 7) is 12.0. The fraction of sp³-hybridized carbons (Fsp3) is 0.444. The molecule has 10 heteroatoms. The highest BCUT2D eigenvalue weighted by molar-refractivity contribution is 5.93. The van der Waals surface area contributed by atoms with Crippen LogP contribution in [-0.2, 0) is 14.3 Å². The van der Waals surface area contributed by atoms with Gasteiger partial charge >= 0.3 is 5.97 Å². The number of esters is 1. The van der Waals surface area contributed by atoms with E-state index in [2.05, 4.69) is 16.8 Å². The Bertz CT molecular complexity index is 1310. The van der Waals surface area contributed by atoms with Gasteiger partial charge in [-0.3, -0.25) is 9.80 Å². The van der Waals surface area contributed by atoms with Crippen molar-refractivity contribution < 1.29 is 19.0 Å². The first-order valence-electron chi connectivity index (χ1n) is 12.4. The highest BCUT2D eigenvalue weighted by atomic mass is 16.5. The maximum atomic E-state index is 11.8. The van der Waals surface area contributed by atoms with Crippen molar-refractivity contribution in [1.82, 2.24) is 24.8 Å². The average molecular weight is 507 g/mol. The zero-order valence-electron chi connectivity index (χ0n) is 22.1. The zero-order chi connectivity index (χ0) is 26.5. The lowest BCUT2D eigenvalue weighted by Gasteiger charge is -2.23. The van der Waals surface area contributed by atoms with Gasteiger partial charge in [-0.05, 0) is 76.8 Å². The van der Waals surface area contributed by atoms with E-state index in [1.165, 1.54) is 12.1 Å². The van der Waals surface area contributed by atoms with Crippen LogP contribution in [0, 0.1) is 0 Å². The Kier molecular flexibility index (Phi) is 8.17. The second kappa shape index (κ2) is 11.5. The largest absolute Gasteiger partial charge is 0.491 e. The van der Waals surface area contributed by atoms with E-state index in [9.17, 15) is 4.79 Å². The molecule has 0 spiro atoms. The molecule has 3 heterocycles. The van der Waals surface area contributed by atoms with Crippen molar-refractivity contribution in [3.05, 3.63) is 41.9 Å². The predicted molar refractivity (Wildman–Crippen MR) is 142 cm³/mol. The number of ether oxygens (including phenoxy) is 3. The van der Waals surface area contributed by atoms with E-state index in [-0.39, 0.29) is 18.9 Å². The lowest BCUT2D eigenvalue weighted by Crippen LogP contribution is -2.25. The Morgan fingerprint density at radius 2 is 2.11 bits per heavy atom. The summed E-state index contributed by atoms with van der Waals surface area (Å²) >= 11 is 0. The first-order chi connectivity index (χ1) is 17.8. The fourth-order valence-corrected chi connectivity index (χ4v) is 4.29. The van der Waals surface area contributed by atoms with Crippen LogP contribution in [0.5, 0.6) is 5.75 Å². The number of hydrazone groups is 1. The minimum absolute atomic E-state index is 0.0411. The molecular formula is C27H34N6O4. The number of hydrogen-bond acceptors (Lipinski definition) is 9. The molecule has 1 fully saturated rings. The third kappa shape index (κ3) is 5.80. The molecule has 1 atom stereocenters. The molecule has 2 aromatic heterocycles. The maximum Gasteiger partial charge on any atom is 0.327 e. The molecule has 1 aliphatic heterocycles. The maximum absolute atomic E-state index is 11.8. The summed E-state index contributed by atoms with van der Waals surface area (Å²) in [6.07, 6.45) is 4.64. The van der Waals surface area contributed by atoms with E-state index >= 15 is 0 Å². The number of rotatable bonds is 9. The van der Waals surface area contributed by atoms with Crippen molar-refractivity contribution >= 4 is 29.2 Å². The van der Waals surface area contributed by atoms with Gasteiger partial charge in [0, 0.05) is 30.6 Å². The third-order valence-corrected chi connectivity index (χ3v) is 6.34. The number of nitrogens with zero attached hydrogens (tertiary/aromatic N) is 6. The number of carbonyl (C=O) groups excluding carboxylic acids is 1. The standard InChI is InChI=1S/C27H34N6O4/c1-17(2)37-20-10-11-23-21(15-20)26(31-33(23)24-9-7-8-14-36-24)27-29-13-12-22(30-27)18(3)19(4)32(28-5)16-25(34)35-6/h10-13,15,17,24H,5,7-9,14,16H2,1-4,6H3/b19-18+. The van der Waals surface area contributed by atoms with Crippen molar-refractivity contribution in [2.75, 3.05) is 20.3 Å². The van der Waals surface area contributed by atoms with Crippen LogP contribution in [0.1, 0.15) is 58.9 Å². The molecule has 0 radical (unpaired) electrons. The Balaban J connectivity index is 1.79. The van der Waals surface area contributed by atoms with Gasteiger partial charge in [-0.2, -0.15) is 10.2 Å². The molecule has 1 saturated heterocycles. The van der Waals surface area contributed by atoms with Gasteiger partial charge in [-0.15, -0.1) is 0 Å². The van der Waals surface area contributed by atoms with Crippen LogP contribution >= 0.6 is 0 Å². The van der Waals surface area contributed by atoms with E-state index < -0.39 is 5.97 Å². The summed E-state index contributed by atoms with van der Waals surface area (Å²) in [6, 6.07) is 7.78. The Hall–Kier alpha value is -3.79. The van der Waals surface area contributed by atoms with Gasteiger partial charge in [0.1, 0.15) is 18.0 Å². The summed E-state index contributed by atoms with van der Waals surface area (Å²) in [5.41, 5.74) is 3.83. The first-order valence-corrected chi connectivity index (χ1v) is 12.4. The molecule has 10 nitrogen and oxygen atoms in total. The number of fused-ring (bicyclic) bond motifs is 1. The van der Waals surface area contributed by atoms with Gasteiger partial charge in [-0.25, -0.2) is 14.6 Å². The number of allylic oxidation sites excluding steroid dienone is 2.